The van der Waals surface area contributed by atoms with Crippen LogP contribution in [0.5, 0.6) is 5.75 Å². The maximum absolute atomic E-state index is 12.0. The SMILES string of the molecule is COc1ccc(Cl)cc1NC(=O)CCC1CCCCC1. The number of carbonyl (C=O) groups excluding carboxylic acids is 1. The summed E-state index contributed by atoms with van der Waals surface area (Å²) in [5.41, 5.74) is 0.647. The molecule has 4 heteroatoms. The summed E-state index contributed by atoms with van der Waals surface area (Å²) in [5.74, 6) is 1.40. The third kappa shape index (κ3) is 4.41. The first-order valence-corrected chi connectivity index (χ1v) is 7.70. The van der Waals surface area contributed by atoms with Crippen molar-refractivity contribution in [1.82, 2.24) is 0 Å². The first-order valence-electron chi connectivity index (χ1n) is 7.32. The van der Waals surface area contributed by atoms with E-state index in [1.165, 1.54) is 32.1 Å². The highest BCUT2D eigenvalue weighted by molar-refractivity contribution is 6.31. The van der Waals surface area contributed by atoms with Gasteiger partial charge in [-0.05, 0) is 30.5 Å². The van der Waals surface area contributed by atoms with Gasteiger partial charge in [0.25, 0.3) is 0 Å². The zero-order valence-corrected chi connectivity index (χ0v) is 12.7. The van der Waals surface area contributed by atoms with E-state index in [1.54, 1.807) is 25.3 Å². The Balaban J connectivity index is 1.86. The summed E-state index contributed by atoms with van der Waals surface area (Å²) in [6.07, 6.45) is 8.07. The summed E-state index contributed by atoms with van der Waals surface area (Å²) in [6, 6.07) is 5.23. The molecule has 0 radical (unpaired) electrons. The number of ether oxygens (including phenoxy) is 1. The van der Waals surface area contributed by atoms with Crippen LogP contribution in [0.4, 0.5) is 5.69 Å². The highest BCUT2D eigenvalue weighted by atomic mass is 35.5. The molecule has 1 saturated carbocycles. The van der Waals surface area contributed by atoms with Gasteiger partial charge < -0.3 is 10.1 Å². The van der Waals surface area contributed by atoms with E-state index in [0.29, 0.717) is 22.9 Å². The number of anilines is 1. The fourth-order valence-electron chi connectivity index (χ4n) is 2.80. The molecule has 0 atom stereocenters. The van der Waals surface area contributed by atoms with E-state index in [1.807, 2.05) is 0 Å². The molecule has 1 amide bonds. The van der Waals surface area contributed by atoms with Gasteiger partial charge in [-0.1, -0.05) is 43.7 Å². The van der Waals surface area contributed by atoms with Gasteiger partial charge in [-0.2, -0.15) is 0 Å². The predicted octanol–water partition coefficient (Wildman–Crippen LogP) is 4.65. The van der Waals surface area contributed by atoms with Crippen molar-refractivity contribution in [2.75, 3.05) is 12.4 Å². The fourth-order valence-corrected chi connectivity index (χ4v) is 2.97. The average molecular weight is 296 g/mol. The molecule has 0 saturated heterocycles. The van der Waals surface area contributed by atoms with Crippen molar-refractivity contribution in [3.63, 3.8) is 0 Å². The zero-order valence-electron chi connectivity index (χ0n) is 12.0. The number of carbonyl (C=O) groups is 1. The molecule has 1 N–H and O–H groups in total. The van der Waals surface area contributed by atoms with Crippen LogP contribution in [0.15, 0.2) is 18.2 Å². The molecular weight excluding hydrogens is 274 g/mol. The van der Waals surface area contributed by atoms with E-state index in [2.05, 4.69) is 5.32 Å². The van der Waals surface area contributed by atoms with Crippen molar-refractivity contribution in [2.24, 2.45) is 5.92 Å². The Labute approximate surface area is 125 Å². The summed E-state index contributed by atoms with van der Waals surface area (Å²) < 4.78 is 5.22. The van der Waals surface area contributed by atoms with Gasteiger partial charge in [-0.25, -0.2) is 0 Å². The number of halogens is 1. The normalized spacial score (nSPS) is 15.9. The number of rotatable bonds is 5. The van der Waals surface area contributed by atoms with E-state index in [4.69, 9.17) is 16.3 Å². The smallest absolute Gasteiger partial charge is 0.224 e. The van der Waals surface area contributed by atoms with Crippen molar-refractivity contribution >= 4 is 23.2 Å². The molecule has 20 heavy (non-hydrogen) atoms. The van der Waals surface area contributed by atoms with Crippen LogP contribution in [0.3, 0.4) is 0 Å². The molecule has 1 aromatic rings. The Hall–Kier alpha value is -1.22. The maximum atomic E-state index is 12.0. The highest BCUT2D eigenvalue weighted by Gasteiger charge is 2.15. The first kappa shape index (κ1) is 15.2. The lowest BCUT2D eigenvalue weighted by atomic mass is 9.86. The standard InChI is InChI=1S/C16H22ClNO2/c1-20-15-9-8-13(17)11-14(15)18-16(19)10-7-12-5-3-2-4-6-12/h8-9,11-12H,2-7,10H2,1H3,(H,18,19). The third-order valence-corrected chi connectivity index (χ3v) is 4.18. The zero-order chi connectivity index (χ0) is 14.4. The Bertz CT molecular complexity index is 456. The van der Waals surface area contributed by atoms with Gasteiger partial charge in [-0.3, -0.25) is 4.79 Å². The minimum absolute atomic E-state index is 0.0381. The van der Waals surface area contributed by atoms with Gasteiger partial charge in [0.15, 0.2) is 0 Å². The lowest BCUT2D eigenvalue weighted by Gasteiger charge is -2.21. The van der Waals surface area contributed by atoms with Crippen molar-refractivity contribution in [1.29, 1.82) is 0 Å². The van der Waals surface area contributed by atoms with Crippen LogP contribution in [0.25, 0.3) is 0 Å². The number of hydrogen-bond acceptors (Lipinski definition) is 2. The molecular formula is C16H22ClNO2. The summed E-state index contributed by atoms with van der Waals surface area (Å²) >= 11 is 5.95. The van der Waals surface area contributed by atoms with Crippen LogP contribution >= 0.6 is 11.6 Å². The second kappa shape index (κ2) is 7.53. The van der Waals surface area contributed by atoms with Gasteiger partial charge in [-0.15, -0.1) is 0 Å². The highest BCUT2D eigenvalue weighted by Crippen LogP contribution is 2.29. The van der Waals surface area contributed by atoms with Gasteiger partial charge in [0.1, 0.15) is 5.75 Å². The Morgan fingerprint density at radius 2 is 2.10 bits per heavy atom. The predicted molar refractivity (Wildman–Crippen MR) is 82.4 cm³/mol. The molecule has 1 aromatic carbocycles. The lowest BCUT2D eigenvalue weighted by molar-refractivity contribution is -0.116. The summed E-state index contributed by atoms with van der Waals surface area (Å²) in [7, 11) is 1.58. The summed E-state index contributed by atoms with van der Waals surface area (Å²) in [6.45, 7) is 0. The van der Waals surface area contributed by atoms with Crippen molar-refractivity contribution in [2.45, 2.75) is 44.9 Å². The van der Waals surface area contributed by atoms with Crippen molar-refractivity contribution in [3.05, 3.63) is 23.2 Å². The molecule has 0 aliphatic heterocycles. The number of nitrogens with one attached hydrogen (secondary N) is 1. The number of methoxy groups -OCH3 is 1. The van der Waals surface area contributed by atoms with Crippen LogP contribution in [-0.2, 0) is 4.79 Å². The number of hydrogen-bond donors (Lipinski definition) is 1. The number of amides is 1. The lowest BCUT2D eigenvalue weighted by Crippen LogP contribution is -2.15. The largest absolute Gasteiger partial charge is 0.495 e. The molecule has 2 rings (SSSR count). The molecule has 0 bridgehead atoms. The van der Waals surface area contributed by atoms with Gasteiger partial charge in [0.2, 0.25) is 5.91 Å². The average Bonchev–Trinajstić information content (AvgIpc) is 2.46. The fraction of sp³-hybridized carbons (Fsp3) is 0.562. The molecule has 0 spiro atoms. The molecule has 1 aliphatic rings. The molecule has 1 aliphatic carbocycles. The van der Waals surface area contributed by atoms with Crippen molar-refractivity contribution in [3.8, 4) is 5.75 Å². The topological polar surface area (TPSA) is 38.3 Å². The maximum Gasteiger partial charge on any atom is 0.224 e. The molecule has 1 fully saturated rings. The van der Waals surface area contributed by atoms with Crippen LogP contribution in [0.1, 0.15) is 44.9 Å². The second-order valence-corrected chi connectivity index (χ2v) is 5.87. The second-order valence-electron chi connectivity index (χ2n) is 5.44. The molecule has 0 unspecified atom stereocenters. The molecule has 0 heterocycles. The van der Waals surface area contributed by atoms with Crippen molar-refractivity contribution < 1.29 is 9.53 Å². The Morgan fingerprint density at radius 3 is 2.80 bits per heavy atom. The van der Waals surface area contributed by atoms with E-state index >= 15 is 0 Å². The number of benzene rings is 1. The Kier molecular flexibility index (Phi) is 5.72. The van der Waals surface area contributed by atoms with Crippen LogP contribution in [-0.4, -0.2) is 13.0 Å². The van der Waals surface area contributed by atoms with Crippen LogP contribution in [0.2, 0.25) is 5.02 Å². The van der Waals surface area contributed by atoms with E-state index < -0.39 is 0 Å². The van der Waals surface area contributed by atoms with Crippen LogP contribution < -0.4 is 10.1 Å². The Morgan fingerprint density at radius 1 is 1.35 bits per heavy atom. The van der Waals surface area contributed by atoms with Gasteiger partial charge >= 0.3 is 0 Å². The van der Waals surface area contributed by atoms with E-state index in [9.17, 15) is 4.79 Å². The minimum Gasteiger partial charge on any atom is -0.495 e. The quantitative estimate of drug-likeness (QED) is 0.859. The van der Waals surface area contributed by atoms with Gasteiger partial charge in [0, 0.05) is 11.4 Å². The minimum atomic E-state index is 0.0381. The molecule has 0 aromatic heterocycles. The summed E-state index contributed by atoms with van der Waals surface area (Å²) in [4.78, 5) is 12.0. The first-order chi connectivity index (χ1) is 9.69. The molecule has 110 valence electrons. The van der Waals surface area contributed by atoms with Gasteiger partial charge in [0.05, 0.1) is 12.8 Å². The molecule has 3 nitrogen and oxygen atoms in total. The van der Waals surface area contributed by atoms with Crippen LogP contribution in [0, 0.1) is 5.92 Å². The third-order valence-electron chi connectivity index (χ3n) is 3.94. The monoisotopic (exact) mass is 295 g/mol. The van der Waals surface area contributed by atoms with E-state index in [-0.39, 0.29) is 5.91 Å². The van der Waals surface area contributed by atoms with E-state index in [0.717, 1.165) is 12.3 Å². The summed E-state index contributed by atoms with van der Waals surface area (Å²) in [5, 5.41) is 3.48.